The van der Waals surface area contributed by atoms with Gasteiger partial charge in [-0.25, -0.2) is 0 Å². The molecule has 1 amide bonds. The van der Waals surface area contributed by atoms with Gasteiger partial charge in [-0.3, -0.25) is 4.79 Å². The molecule has 2 saturated carbocycles. The number of fused-ring (bicyclic) bond motifs is 2. The van der Waals surface area contributed by atoms with Gasteiger partial charge in [0.15, 0.2) is 0 Å². The summed E-state index contributed by atoms with van der Waals surface area (Å²) in [6.07, 6.45) is 6.19. The molecule has 2 aliphatic carbocycles. The minimum atomic E-state index is 0.237. The number of carbonyl (C=O) groups is 1. The van der Waals surface area contributed by atoms with Crippen LogP contribution in [0.5, 0.6) is 0 Å². The second-order valence-electron chi connectivity index (χ2n) is 6.34. The Balaban J connectivity index is 1.48. The van der Waals surface area contributed by atoms with Crippen molar-refractivity contribution in [1.82, 2.24) is 5.32 Å². The van der Waals surface area contributed by atoms with E-state index < -0.39 is 0 Å². The number of nitrogens with one attached hydrogen (secondary N) is 1. The maximum atomic E-state index is 12.0. The Kier molecular flexibility index (Phi) is 3.58. The van der Waals surface area contributed by atoms with Crippen molar-refractivity contribution >= 4 is 5.91 Å². The topological polar surface area (TPSA) is 29.1 Å². The maximum Gasteiger partial charge on any atom is 0.220 e. The average molecular weight is 257 g/mol. The highest BCUT2D eigenvalue weighted by Crippen LogP contribution is 2.49. The first-order valence-electron chi connectivity index (χ1n) is 7.53. The van der Waals surface area contributed by atoms with Gasteiger partial charge in [0.05, 0.1) is 0 Å². The van der Waals surface area contributed by atoms with Gasteiger partial charge in [-0.1, -0.05) is 30.7 Å². The predicted octanol–water partition coefficient (Wildman–Crippen LogP) is 3.44. The van der Waals surface area contributed by atoms with Gasteiger partial charge >= 0.3 is 0 Å². The van der Waals surface area contributed by atoms with E-state index in [1.54, 1.807) is 0 Å². The van der Waals surface area contributed by atoms with Crippen molar-refractivity contribution in [3.63, 3.8) is 0 Å². The van der Waals surface area contributed by atoms with E-state index in [1.807, 2.05) is 12.1 Å². The Hall–Kier alpha value is -1.31. The number of carbonyl (C=O) groups excluding carboxylic acids is 1. The zero-order chi connectivity index (χ0) is 13.2. The van der Waals surface area contributed by atoms with E-state index in [9.17, 15) is 4.79 Å². The van der Waals surface area contributed by atoms with Gasteiger partial charge < -0.3 is 5.32 Å². The first-order chi connectivity index (χ1) is 9.22. The van der Waals surface area contributed by atoms with E-state index in [1.165, 1.54) is 36.8 Å². The second-order valence-corrected chi connectivity index (χ2v) is 6.34. The van der Waals surface area contributed by atoms with Crippen LogP contribution >= 0.6 is 0 Å². The Morgan fingerprint density at radius 1 is 1.26 bits per heavy atom. The van der Waals surface area contributed by atoms with Crippen molar-refractivity contribution in [2.75, 3.05) is 0 Å². The van der Waals surface area contributed by atoms with Crippen molar-refractivity contribution in [3.8, 4) is 0 Å². The molecular formula is C17H23NO. The number of benzene rings is 1. The van der Waals surface area contributed by atoms with E-state index in [0.717, 1.165) is 18.3 Å². The van der Waals surface area contributed by atoms with Crippen LogP contribution in [0.3, 0.4) is 0 Å². The molecule has 1 aromatic carbocycles. The van der Waals surface area contributed by atoms with Crippen molar-refractivity contribution in [3.05, 3.63) is 35.4 Å². The lowest BCUT2D eigenvalue weighted by molar-refractivity contribution is -0.122. The third-order valence-electron chi connectivity index (χ3n) is 5.07. The van der Waals surface area contributed by atoms with Crippen LogP contribution in [0.15, 0.2) is 24.3 Å². The number of hydrogen-bond donors (Lipinski definition) is 1. The number of hydrogen-bond acceptors (Lipinski definition) is 1. The van der Waals surface area contributed by atoms with Crippen LogP contribution in [0.4, 0.5) is 0 Å². The molecule has 2 bridgehead atoms. The fourth-order valence-electron chi connectivity index (χ4n) is 3.94. The monoisotopic (exact) mass is 257 g/mol. The molecule has 2 nitrogen and oxygen atoms in total. The molecule has 0 radical (unpaired) electrons. The summed E-state index contributed by atoms with van der Waals surface area (Å²) in [5, 5.41) is 3.09. The van der Waals surface area contributed by atoms with Crippen molar-refractivity contribution < 1.29 is 4.79 Å². The molecule has 2 aliphatic rings. The molecule has 0 unspecified atom stereocenters. The van der Waals surface area contributed by atoms with Gasteiger partial charge in [0.1, 0.15) is 0 Å². The molecule has 0 aliphatic heterocycles. The molecular weight excluding hydrogens is 234 g/mol. The van der Waals surface area contributed by atoms with Crippen LogP contribution in [0, 0.1) is 24.7 Å². The molecule has 19 heavy (non-hydrogen) atoms. The zero-order valence-corrected chi connectivity index (χ0v) is 11.7. The predicted molar refractivity (Wildman–Crippen MR) is 76.6 cm³/mol. The summed E-state index contributed by atoms with van der Waals surface area (Å²) in [5.41, 5.74) is 2.48. The van der Waals surface area contributed by atoms with Crippen LogP contribution < -0.4 is 5.32 Å². The Bertz CT molecular complexity index is 468. The number of rotatable bonds is 4. The summed E-state index contributed by atoms with van der Waals surface area (Å²) in [7, 11) is 0. The van der Waals surface area contributed by atoms with Crippen molar-refractivity contribution in [1.29, 1.82) is 0 Å². The van der Waals surface area contributed by atoms with Gasteiger partial charge in [-0.2, -0.15) is 0 Å². The molecule has 2 heteroatoms. The van der Waals surface area contributed by atoms with Crippen molar-refractivity contribution in [2.24, 2.45) is 17.8 Å². The molecule has 3 rings (SSSR count). The van der Waals surface area contributed by atoms with E-state index in [-0.39, 0.29) is 5.91 Å². The van der Waals surface area contributed by atoms with Gasteiger partial charge in [0, 0.05) is 13.0 Å². The summed E-state index contributed by atoms with van der Waals surface area (Å²) in [6.45, 7) is 2.77. The molecule has 3 atom stereocenters. The van der Waals surface area contributed by atoms with E-state index in [0.29, 0.717) is 12.5 Å². The highest BCUT2D eigenvalue weighted by molar-refractivity contribution is 5.76. The summed E-state index contributed by atoms with van der Waals surface area (Å²) in [5.74, 6) is 2.67. The lowest BCUT2D eigenvalue weighted by Crippen LogP contribution is -2.27. The van der Waals surface area contributed by atoms with Gasteiger partial charge in [0.2, 0.25) is 5.91 Å². The van der Waals surface area contributed by atoms with Crippen LogP contribution in [-0.4, -0.2) is 5.91 Å². The van der Waals surface area contributed by atoms with Crippen LogP contribution in [0.1, 0.15) is 43.2 Å². The SMILES string of the molecule is Cc1ccccc1CNC(=O)C[C@H]1C[C@@H]2CC[C@@H]1C2. The van der Waals surface area contributed by atoms with Crippen LogP contribution in [-0.2, 0) is 11.3 Å². The Labute approximate surface area is 115 Å². The van der Waals surface area contributed by atoms with E-state index in [2.05, 4.69) is 24.4 Å². The standard InChI is InChI=1S/C17H23NO/c1-12-4-2-3-5-15(12)11-18-17(19)10-16-9-13-6-7-14(16)8-13/h2-5,13-14,16H,6-11H2,1H3,(H,18,19)/t13-,14-,16-/m1/s1. The molecule has 102 valence electrons. The fourth-order valence-corrected chi connectivity index (χ4v) is 3.94. The van der Waals surface area contributed by atoms with Gasteiger partial charge in [-0.15, -0.1) is 0 Å². The van der Waals surface area contributed by atoms with Gasteiger partial charge in [0.25, 0.3) is 0 Å². The molecule has 0 saturated heterocycles. The van der Waals surface area contributed by atoms with Gasteiger partial charge in [-0.05, 0) is 55.1 Å². The molecule has 0 heterocycles. The molecule has 0 aromatic heterocycles. The lowest BCUT2D eigenvalue weighted by Gasteiger charge is -2.21. The number of amides is 1. The van der Waals surface area contributed by atoms with E-state index in [4.69, 9.17) is 0 Å². The highest BCUT2D eigenvalue weighted by atomic mass is 16.1. The van der Waals surface area contributed by atoms with Crippen molar-refractivity contribution in [2.45, 2.75) is 45.6 Å². The lowest BCUT2D eigenvalue weighted by atomic mass is 9.86. The second kappa shape index (κ2) is 5.36. The molecule has 1 aromatic rings. The Morgan fingerprint density at radius 3 is 2.79 bits per heavy atom. The first kappa shape index (κ1) is 12.7. The molecule has 0 spiro atoms. The summed E-state index contributed by atoms with van der Waals surface area (Å²) >= 11 is 0. The maximum absolute atomic E-state index is 12.0. The quantitative estimate of drug-likeness (QED) is 0.879. The van der Waals surface area contributed by atoms with E-state index >= 15 is 0 Å². The minimum absolute atomic E-state index is 0.237. The zero-order valence-electron chi connectivity index (χ0n) is 11.7. The third-order valence-corrected chi connectivity index (χ3v) is 5.07. The first-order valence-corrected chi connectivity index (χ1v) is 7.53. The molecule has 2 fully saturated rings. The normalized spacial score (nSPS) is 28.6. The number of aryl methyl sites for hydroxylation is 1. The van der Waals surface area contributed by atoms with Crippen LogP contribution in [0.25, 0.3) is 0 Å². The summed E-state index contributed by atoms with van der Waals surface area (Å²) in [4.78, 5) is 12.0. The molecule has 1 N–H and O–H groups in total. The fraction of sp³-hybridized carbons (Fsp3) is 0.588. The third kappa shape index (κ3) is 2.83. The summed E-state index contributed by atoms with van der Waals surface area (Å²) in [6, 6.07) is 8.25. The smallest absolute Gasteiger partial charge is 0.220 e. The average Bonchev–Trinajstić information content (AvgIpc) is 3.00. The van der Waals surface area contributed by atoms with Crippen LogP contribution in [0.2, 0.25) is 0 Å². The highest BCUT2D eigenvalue weighted by Gasteiger charge is 2.39. The Morgan fingerprint density at radius 2 is 2.11 bits per heavy atom. The minimum Gasteiger partial charge on any atom is -0.352 e. The largest absolute Gasteiger partial charge is 0.352 e. The summed E-state index contributed by atoms with van der Waals surface area (Å²) < 4.78 is 0.